The molecule has 0 fully saturated rings. The van der Waals surface area contributed by atoms with Crippen molar-refractivity contribution in [1.82, 2.24) is 0 Å². The van der Waals surface area contributed by atoms with E-state index in [9.17, 15) is 0 Å². The van der Waals surface area contributed by atoms with Crippen LogP contribution in [0.2, 0.25) is 0 Å². The molecule has 0 amide bonds. The van der Waals surface area contributed by atoms with Crippen LogP contribution in [0.15, 0.2) is 302 Å². The van der Waals surface area contributed by atoms with Gasteiger partial charge in [0.2, 0.25) is 0 Å². The molecule has 0 N–H and O–H groups in total. The molecule has 1 atom stereocenters. The third kappa shape index (κ3) is 7.40. The average Bonchev–Trinajstić information content (AvgIpc) is 4.10. The highest BCUT2D eigenvalue weighted by atomic mass is 15.2. The molecule has 11 aromatic rings. The Bertz CT molecular complexity index is 3770. The van der Waals surface area contributed by atoms with E-state index in [1.165, 1.54) is 94.7 Å². The number of nitrogens with zero attached hydrogens (tertiary/aromatic N) is 2. The number of hydrogen-bond donors (Lipinski definition) is 0. The van der Waals surface area contributed by atoms with Gasteiger partial charge in [0, 0.05) is 33.9 Å². The third-order valence-electron chi connectivity index (χ3n) is 15.8. The van der Waals surface area contributed by atoms with Crippen LogP contribution < -0.4 is 9.80 Å². The Kier molecular flexibility index (Phi) is 10.9. The van der Waals surface area contributed by atoms with Crippen LogP contribution in [0, 0.1) is 0 Å². The minimum Gasteiger partial charge on any atom is -0.310 e. The van der Waals surface area contributed by atoms with Crippen molar-refractivity contribution in [3.63, 3.8) is 0 Å². The molecule has 0 saturated carbocycles. The standard InChI is InChI=1S/C73H52N2/c1-5-19-51(20-6-1)55-35-43-59(44-36-55)74(60-45-37-56(38-46-60)52-21-7-2-8-22-52)69-33-17-31-67-71(69)63-27-13-15-29-65(63)73(67)66-30-16-14-28-64(66)72-68(73)32-18-34-70(72)75(61-47-39-57(40-48-61)53-23-9-3-10-24-53)62-49-41-58(42-50-62)54-25-11-4-12-26-54/h1-17,19-31,33-50H,18,32H2. The molecule has 1 unspecified atom stereocenters. The van der Waals surface area contributed by atoms with E-state index in [0.717, 1.165) is 41.3 Å². The Morgan fingerprint density at radius 1 is 0.280 bits per heavy atom. The Balaban J connectivity index is 0.961. The summed E-state index contributed by atoms with van der Waals surface area (Å²) >= 11 is 0. The molecule has 0 bridgehead atoms. The summed E-state index contributed by atoms with van der Waals surface area (Å²) in [6, 6.07) is 105. The van der Waals surface area contributed by atoms with Crippen LogP contribution in [-0.4, -0.2) is 0 Å². The Hall–Kier alpha value is -9.50. The van der Waals surface area contributed by atoms with Gasteiger partial charge in [-0.2, -0.15) is 0 Å². The van der Waals surface area contributed by atoms with E-state index >= 15 is 0 Å². The second-order valence-electron chi connectivity index (χ2n) is 19.8. The summed E-state index contributed by atoms with van der Waals surface area (Å²) in [7, 11) is 0. The molecule has 0 saturated heterocycles. The first-order chi connectivity index (χ1) is 37.2. The summed E-state index contributed by atoms with van der Waals surface area (Å²) in [4.78, 5) is 5.01. The minimum absolute atomic E-state index is 0.520. The van der Waals surface area contributed by atoms with Crippen LogP contribution in [0.1, 0.15) is 35.1 Å². The molecule has 2 nitrogen and oxygen atoms in total. The largest absolute Gasteiger partial charge is 0.310 e. The number of allylic oxidation sites excluding steroid dienone is 3. The lowest BCUT2D eigenvalue weighted by atomic mass is 9.68. The summed E-state index contributed by atoms with van der Waals surface area (Å²) in [5, 5.41) is 0. The van der Waals surface area contributed by atoms with Crippen LogP contribution in [0.5, 0.6) is 0 Å². The number of benzene rings is 11. The Morgan fingerprint density at radius 2 is 0.627 bits per heavy atom. The van der Waals surface area contributed by atoms with Crippen molar-refractivity contribution in [2.75, 3.05) is 9.80 Å². The topological polar surface area (TPSA) is 6.48 Å². The predicted octanol–water partition coefficient (Wildman–Crippen LogP) is 19.4. The van der Waals surface area contributed by atoms with Crippen molar-refractivity contribution in [2.24, 2.45) is 0 Å². The zero-order chi connectivity index (χ0) is 49.7. The molecule has 354 valence electrons. The van der Waals surface area contributed by atoms with Gasteiger partial charge in [0.15, 0.2) is 0 Å². The van der Waals surface area contributed by atoms with Gasteiger partial charge in [-0.05, 0) is 145 Å². The molecular formula is C73H52N2. The maximum absolute atomic E-state index is 2.52. The summed E-state index contributed by atoms with van der Waals surface area (Å²) in [6.07, 6.45) is 4.35. The lowest BCUT2D eigenvalue weighted by Crippen LogP contribution is -2.28. The summed E-state index contributed by atoms with van der Waals surface area (Å²) in [5.74, 6) is 0. The van der Waals surface area contributed by atoms with E-state index in [2.05, 4.69) is 301 Å². The highest BCUT2D eigenvalue weighted by Gasteiger charge is 2.54. The minimum atomic E-state index is -0.520. The van der Waals surface area contributed by atoms with Gasteiger partial charge in [-0.15, -0.1) is 0 Å². The van der Waals surface area contributed by atoms with E-state index in [1.54, 1.807) is 0 Å². The molecule has 0 aliphatic heterocycles. The molecule has 11 aromatic carbocycles. The van der Waals surface area contributed by atoms with E-state index in [0.29, 0.717) is 0 Å². The SMILES string of the molecule is C1=C(N(c2ccc(-c3ccccc3)cc2)c2ccc(-c3ccccc3)cc2)C2=C(CC1)C1(c3ccccc32)c2ccccc2-c2c(N(c3ccc(-c4ccccc4)cc3)c3ccc(-c4ccccc4)cc3)cccc21. The summed E-state index contributed by atoms with van der Waals surface area (Å²) in [5.41, 5.74) is 26.6. The van der Waals surface area contributed by atoms with Crippen molar-refractivity contribution in [2.45, 2.75) is 18.3 Å². The third-order valence-corrected chi connectivity index (χ3v) is 15.8. The molecule has 3 aliphatic rings. The zero-order valence-electron chi connectivity index (χ0n) is 41.5. The van der Waals surface area contributed by atoms with Gasteiger partial charge >= 0.3 is 0 Å². The predicted molar refractivity (Wildman–Crippen MR) is 314 cm³/mol. The fraction of sp³-hybridized carbons (Fsp3) is 0.0411. The van der Waals surface area contributed by atoms with Crippen LogP contribution in [0.3, 0.4) is 0 Å². The molecule has 75 heavy (non-hydrogen) atoms. The molecule has 1 spiro atoms. The Morgan fingerprint density at radius 3 is 1.07 bits per heavy atom. The highest BCUT2D eigenvalue weighted by Crippen LogP contribution is 2.66. The lowest BCUT2D eigenvalue weighted by molar-refractivity contribution is 0.711. The summed E-state index contributed by atoms with van der Waals surface area (Å²) < 4.78 is 0. The molecule has 0 radical (unpaired) electrons. The first-order valence-electron chi connectivity index (χ1n) is 26.2. The number of fused-ring (bicyclic) bond motifs is 9. The van der Waals surface area contributed by atoms with Gasteiger partial charge in [0.1, 0.15) is 0 Å². The fourth-order valence-corrected chi connectivity index (χ4v) is 12.5. The molecular weight excluding hydrogens is 905 g/mol. The van der Waals surface area contributed by atoms with Crippen molar-refractivity contribution in [1.29, 1.82) is 0 Å². The van der Waals surface area contributed by atoms with Crippen molar-refractivity contribution < 1.29 is 0 Å². The maximum atomic E-state index is 2.52. The second-order valence-corrected chi connectivity index (χ2v) is 19.8. The average molecular weight is 957 g/mol. The van der Waals surface area contributed by atoms with Gasteiger partial charge in [-0.1, -0.05) is 237 Å². The first kappa shape index (κ1) is 44.2. The van der Waals surface area contributed by atoms with Crippen LogP contribution in [-0.2, 0) is 5.41 Å². The first-order valence-corrected chi connectivity index (χ1v) is 26.2. The fourth-order valence-electron chi connectivity index (χ4n) is 12.5. The van der Waals surface area contributed by atoms with E-state index in [4.69, 9.17) is 0 Å². The van der Waals surface area contributed by atoms with Crippen LogP contribution in [0.4, 0.5) is 28.4 Å². The zero-order valence-corrected chi connectivity index (χ0v) is 41.5. The highest BCUT2D eigenvalue weighted by molar-refractivity contribution is 6.04. The second kappa shape index (κ2) is 18.5. The molecule has 3 aliphatic carbocycles. The molecule has 2 heteroatoms. The van der Waals surface area contributed by atoms with Gasteiger partial charge in [0.05, 0.1) is 16.8 Å². The molecule has 14 rings (SSSR count). The van der Waals surface area contributed by atoms with Crippen LogP contribution >= 0.6 is 0 Å². The van der Waals surface area contributed by atoms with Gasteiger partial charge in [0.25, 0.3) is 0 Å². The normalized spacial score (nSPS) is 14.9. The smallest absolute Gasteiger partial charge is 0.0690 e. The number of anilines is 5. The monoisotopic (exact) mass is 956 g/mol. The van der Waals surface area contributed by atoms with Gasteiger partial charge in [-0.3, -0.25) is 0 Å². The molecule has 0 heterocycles. The lowest BCUT2D eigenvalue weighted by Gasteiger charge is -2.36. The van der Waals surface area contributed by atoms with Gasteiger partial charge in [-0.25, -0.2) is 0 Å². The van der Waals surface area contributed by atoms with Gasteiger partial charge < -0.3 is 9.80 Å². The quantitative estimate of drug-likeness (QED) is 0.135. The van der Waals surface area contributed by atoms with Crippen molar-refractivity contribution in [3.05, 3.63) is 325 Å². The Labute approximate surface area is 440 Å². The maximum Gasteiger partial charge on any atom is 0.0690 e. The summed E-state index contributed by atoms with van der Waals surface area (Å²) in [6.45, 7) is 0. The van der Waals surface area contributed by atoms with E-state index in [-0.39, 0.29) is 0 Å². The number of rotatable bonds is 10. The van der Waals surface area contributed by atoms with E-state index in [1.807, 2.05) is 0 Å². The number of hydrogen-bond acceptors (Lipinski definition) is 2. The van der Waals surface area contributed by atoms with Crippen molar-refractivity contribution in [3.8, 4) is 55.6 Å². The van der Waals surface area contributed by atoms with Crippen LogP contribution in [0.25, 0.3) is 61.2 Å². The van der Waals surface area contributed by atoms with Crippen molar-refractivity contribution >= 4 is 34.0 Å². The molecule has 0 aromatic heterocycles. The van der Waals surface area contributed by atoms with E-state index < -0.39 is 5.41 Å².